The number of carbonyl (C=O) groups excluding carboxylic acids is 1. The number of piperidine rings is 1. The van der Waals surface area contributed by atoms with Gasteiger partial charge in [0.15, 0.2) is 0 Å². The molecule has 0 unspecified atom stereocenters. The summed E-state index contributed by atoms with van der Waals surface area (Å²) in [5, 5.41) is 12.1. The van der Waals surface area contributed by atoms with Crippen LogP contribution in [0.4, 0.5) is 17.6 Å². The second-order valence-electron chi connectivity index (χ2n) is 8.01. The first-order chi connectivity index (χ1) is 14.6. The summed E-state index contributed by atoms with van der Waals surface area (Å²) in [6, 6.07) is 7.93. The number of carbonyl (C=O) groups is 1. The number of hydrogen-bond donors (Lipinski definition) is 1. The molecule has 1 amide bonds. The average Bonchev–Trinajstić information content (AvgIpc) is 3.29. The first-order valence-electron chi connectivity index (χ1n) is 10.6. The Kier molecular flexibility index (Phi) is 6.07. The van der Waals surface area contributed by atoms with Gasteiger partial charge in [-0.25, -0.2) is 9.97 Å². The fourth-order valence-electron chi connectivity index (χ4n) is 4.12. The average molecular weight is 406 g/mol. The molecule has 8 nitrogen and oxygen atoms in total. The Labute approximate surface area is 177 Å². The molecule has 8 heteroatoms. The van der Waals surface area contributed by atoms with Crippen LogP contribution in [0.25, 0.3) is 0 Å². The van der Waals surface area contributed by atoms with Crippen molar-refractivity contribution in [1.29, 1.82) is 5.26 Å². The number of aryl methyl sites for hydroxylation is 1. The third kappa shape index (κ3) is 4.67. The van der Waals surface area contributed by atoms with E-state index in [0.717, 1.165) is 67.6 Å². The summed E-state index contributed by atoms with van der Waals surface area (Å²) in [5.41, 5.74) is 2.14. The molecule has 0 aromatic carbocycles. The smallest absolute Gasteiger partial charge is 0.236 e. The second-order valence-corrected chi connectivity index (χ2v) is 8.01. The maximum absolute atomic E-state index is 12.0. The molecule has 0 aliphatic carbocycles. The summed E-state index contributed by atoms with van der Waals surface area (Å²) in [7, 11) is 0. The van der Waals surface area contributed by atoms with E-state index in [1.165, 1.54) is 0 Å². The van der Waals surface area contributed by atoms with E-state index >= 15 is 0 Å². The van der Waals surface area contributed by atoms with Gasteiger partial charge in [-0.1, -0.05) is 0 Å². The fourth-order valence-corrected chi connectivity index (χ4v) is 4.12. The van der Waals surface area contributed by atoms with Gasteiger partial charge < -0.3 is 15.1 Å². The van der Waals surface area contributed by atoms with Gasteiger partial charge in [-0.3, -0.25) is 4.79 Å². The summed E-state index contributed by atoms with van der Waals surface area (Å²) in [6.07, 6.45) is 5.75. The number of anilines is 3. The molecule has 0 spiro atoms. The second kappa shape index (κ2) is 9.08. The third-order valence-corrected chi connectivity index (χ3v) is 5.79. The SMILES string of the molecule is Cc1ccnc(Nc2cc(C3CCN(C(=O)CC#N)CC3)nc(N3CCCC3)n2)c1. The quantitative estimate of drug-likeness (QED) is 0.816. The van der Waals surface area contributed by atoms with Crippen LogP contribution in [0.5, 0.6) is 0 Å². The standard InChI is InChI=1S/C22H27N7O/c1-16-5-9-24-19(14-16)26-20-15-18(25-22(27-20)29-10-2-3-11-29)17-6-12-28(13-7-17)21(30)4-8-23/h5,9,14-15,17H,2-4,6-7,10-13H2,1H3,(H,24,25,26,27). The minimum Gasteiger partial charge on any atom is -0.342 e. The van der Waals surface area contributed by atoms with Crippen molar-refractivity contribution in [2.45, 2.75) is 44.9 Å². The molecule has 2 aromatic heterocycles. The molecule has 30 heavy (non-hydrogen) atoms. The lowest BCUT2D eigenvalue weighted by atomic mass is 9.93. The van der Waals surface area contributed by atoms with Gasteiger partial charge in [0.05, 0.1) is 11.8 Å². The van der Waals surface area contributed by atoms with Crippen molar-refractivity contribution in [2.24, 2.45) is 0 Å². The van der Waals surface area contributed by atoms with E-state index in [2.05, 4.69) is 15.2 Å². The molecule has 156 valence electrons. The maximum atomic E-state index is 12.0. The Balaban J connectivity index is 1.55. The van der Waals surface area contributed by atoms with E-state index in [1.807, 2.05) is 31.2 Å². The molecule has 2 saturated heterocycles. The topological polar surface area (TPSA) is 98.0 Å². The lowest BCUT2D eigenvalue weighted by molar-refractivity contribution is -0.131. The number of likely N-dealkylation sites (tertiary alicyclic amines) is 1. The van der Waals surface area contributed by atoms with Gasteiger partial charge in [0.25, 0.3) is 0 Å². The van der Waals surface area contributed by atoms with Gasteiger partial charge in [0, 0.05) is 44.4 Å². The molecular formula is C22H27N7O. The summed E-state index contributed by atoms with van der Waals surface area (Å²) in [5.74, 6) is 2.48. The van der Waals surface area contributed by atoms with Crippen molar-refractivity contribution in [1.82, 2.24) is 19.9 Å². The number of nitrogens with one attached hydrogen (secondary N) is 1. The first kappa shape index (κ1) is 20.1. The monoisotopic (exact) mass is 405 g/mol. The number of rotatable bonds is 5. The van der Waals surface area contributed by atoms with E-state index in [0.29, 0.717) is 13.1 Å². The van der Waals surface area contributed by atoms with Crippen LogP contribution >= 0.6 is 0 Å². The Morgan fingerprint density at radius 1 is 1.17 bits per heavy atom. The zero-order valence-corrected chi connectivity index (χ0v) is 17.3. The Morgan fingerprint density at radius 3 is 2.63 bits per heavy atom. The highest BCUT2D eigenvalue weighted by atomic mass is 16.2. The van der Waals surface area contributed by atoms with Gasteiger partial charge >= 0.3 is 0 Å². The molecule has 0 atom stereocenters. The molecule has 2 aliphatic rings. The number of amides is 1. The van der Waals surface area contributed by atoms with Crippen molar-refractivity contribution in [3.63, 3.8) is 0 Å². The molecule has 2 aliphatic heterocycles. The van der Waals surface area contributed by atoms with Gasteiger partial charge in [0.1, 0.15) is 18.1 Å². The van der Waals surface area contributed by atoms with E-state index < -0.39 is 0 Å². The van der Waals surface area contributed by atoms with E-state index in [-0.39, 0.29) is 18.2 Å². The highest BCUT2D eigenvalue weighted by molar-refractivity contribution is 5.78. The van der Waals surface area contributed by atoms with Crippen LogP contribution in [0.1, 0.15) is 49.3 Å². The molecule has 2 fully saturated rings. The number of aromatic nitrogens is 3. The van der Waals surface area contributed by atoms with Crippen molar-refractivity contribution in [2.75, 3.05) is 36.4 Å². The Bertz CT molecular complexity index is 941. The largest absolute Gasteiger partial charge is 0.342 e. The maximum Gasteiger partial charge on any atom is 0.236 e. The molecule has 4 rings (SSSR count). The van der Waals surface area contributed by atoms with Crippen LogP contribution in [0.2, 0.25) is 0 Å². The van der Waals surface area contributed by atoms with Crippen LogP contribution in [-0.2, 0) is 4.79 Å². The Hall–Kier alpha value is -3.21. The summed E-state index contributed by atoms with van der Waals surface area (Å²) < 4.78 is 0. The molecule has 0 radical (unpaired) electrons. The molecular weight excluding hydrogens is 378 g/mol. The van der Waals surface area contributed by atoms with Crippen LogP contribution in [0.15, 0.2) is 24.4 Å². The molecule has 4 heterocycles. The number of pyridine rings is 1. The highest BCUT2D eigenvalue weighted by Crippen LogP contribution is 2.31. The molecule has 0 saturated carbocycles. The predicted molar refractivity (Wildman–Crippen MR) is 115 cm³/mol. The predicted octanol–water partition coefficient (Wildman–Crippen LogP) is 3.14. The normalized spacial score (nSPS) is 17.1. The van der Waals surface area contributed by atoms with Gasteiger partial charge in [-0.05, 0) is 50.3 Å². The third-order valence-electron chi connectivity index (χ3n) is 5.79. The van der Waals surface area contributed by atoms with Crippen LogP contribution in [0.3, 0.4) is 0 Å². The van der Waals surface area contributed by atoms with E-state index in [9.17, 15) is 4.79 Å². The molecule has 0 bridgehead atoms. The molecule has 2 aromatic rings. The minimum atomic E-state index is -0.0794. The van der Waals surface area contributed by atoms with E-state index in [4.69, 9.17) is 15.2 Å². The number of nitriles is 1. The van der Waals surface area contributed by atoms with Crippen LogP contribution in [0, 0.1) is 18.3 Å². The molecule has 1 N–H and O–H groups in total. The van der Waals surface area contributed by atoms with Crippen molar-refractivity contribution in [3.8, 4) is 6.07 Å². The summed E-state index contributed by atoms with van der Waals surface area (Å²) >= 11 is 0. The van der Waals surface area contributed by atoms with Gasteiger partial charge in [-0.15, -0.1) is 0 Å². The van der Waals surface area contributed by atoms with Gasteiger partial charge in [0.2, 0.25) is 11.9 Å². The summed E-state index contributed by atoms with van der Waals surface area (Å²) in [6.45, 7) is 5.32. The van der Waals surface area contributed by atoms with Crippen molar-refractivity contribution < 1.29 is 4.79 Å². The van der Waals surface area contributed by atoms with E-state index in [1.54, 1.807) is 11.1 Å². The Morgan fingerprint density at radius 2 is 1.93 bits per heavy atom. The lowest BCUT2D eigenvalue weighted by Gasteiger charge is -2.31. The van der Waals surface area contributed by atoms with Crippen LogP contribution < -0.4 is 10.2 Å². The van der Waals surface area contributed by atoms with Crippen LogP contribution in [-0.4, -0.2) is 51.9 Å². The summed E-state index contributed by atoms with van der Waals surface area (Å²) in [4.78, 5) is 30.1. The lowest BCUT2D eigenvalue weighted by Crippen LogP contribution is -2.37. The zero-order chi connectivity index (χ0) is 20.9. The fraction of sp³-hybridized carbons (Fsp3) is 0.500. The zero-order valence-electron chi connectivity index (χ0n) is 17.3. The number of nitrogens with zero attached hydrogens (tertiary/aromatic N) is 6. The first-order valence-corrected chi connectivity index (χ1v) is 10.6. The minimum absolute atomic E-state index is 0.0468. The van der Waals surface area contributed by atoms with Crippen molar-refractivity contribution in [3.05, 3.63) is 35.7 Å². The number of hydrogen-bond acceptors (Lipinski definition) is 7. The highest BCUT2D eigenvalue weighted by Gasteiger charge is 2.26. The van der Waals surface area contributed by atoms with Gasteiger partial charge in [-0.2, -0.15) is 10.2 Å². The van der Waals surface area contributed by atoms with Crippen molar-refractivity contribution >= 4 is 23.5 Å².